The highest BCUT2D eigenvalue weighted by molar-refractivity contribution is 9.10. The van der Waals surface area contributed by atoms with Crippen LogP contribution in [0.15, 0.2) is 34.9 Å². The van der Waals surface area contributed by atoms with Gasteiger partial charge in [-0.05, 0) is 46.6 Å². The second kappa shape index (κ2) is 6.00. The lowest BCUT2D eigenvalue weighted by Crippen LogP contribution is -2.15. The second-order valence-corrected chi connectivity index (χ2v) is 5.04. The highest BCUT2D eigenvalue weighted by atomic mass is 79.9. The van der Waals surface area contributed by atoms with Crippen LogP contribution in [0.25, 0.3) is 0 Å². The van der Waals surface area contributed by atoms with E-state index >= 15 is 0 Å². The first-order chi connectivity index (χ1) is 9.52. The number of carbonyl (C=O) groups excluding carboxylic acids is 1. The zero-order valence-corrected chi connectivity index (χ0v) is 12.6. The Labute approximate surface area is 124 Å². The standard InChI is InChI=1S/C14H13BrFN3O/c1-8-6-12(18-7-10(8)15)19-14(20)9-4-3-5-11(16)13(9)17-2/h3-7,17H,1-2H3,(H,18,19,20). The Morgan fingerprint density at radius 3 is 2.80 bits per heavy atom. The molecule has 2 rings (SSSR count). The summed E-state index contributed by atoms with van der Waals surface area (Å²) < 4.78 is 14.5. The van der Waals surface area contributed by atoms with Gasteiger partial charge in [0.1, 0.15) is 11.6 Å². The van der Waals surface area contributed by atoms with Gasteiger partial charge >= 0.3 is 0 Å². The van der Waals surface area contributed by atoms with E-state index in [1.165, 1.54) is 12.1 Å². The van der Waals surface area contributed by atoms with Crippen molar-refractivity contribution in [3.63, 3.8) is 0 Å². The Kier molecular flexibility index (Phi) is 4.34. The van der Waals surface area contributed by atoms with Crippen molar-refractivity contribution in [2.75, 3.05) is 17.7 Å². The molecule has 0 spiro atoms. The number of aryl methyl sites for hydroxylation is 1. The highest BCUT2D eigenvalue weighted by Gasteiger charge is 2.14. The van der Waals surface area contributed by atoms with Crippen molar-refractivity contribution < 1.29 is 9.18 Å². The van der Waals surface area contributed by atoms with Gasteiger partial charge in [-0.2, -0.15) is 0 Å². The van der Waals surface area contributed by atoms with Crippen molar-refractivity contribution in [3.8, 4) is 0 Å². The fraction of sp³-hybridized carbons (Fsp3) is 0.143. The lowest BCUT2D eigenvalue weighted by molar-refractivity contribution is 0.102. The van der Waals surface area contributed by atoms with E-state index in [0.29, 0.717) is 5.82 Å². The van der Waals surface area contributed by atoms with Gasteiger partial charge in [-0.25, -0.2) is 9.37 Å². The minimum absolute atomic E-state index is 0.166. The molecule has 0 bridgehead atoms. The molecule has 0 atom stereocenters. The maximum absolute atomic E-state index is 13.6. The zero-order chi connectivity index (χ0) is 14.7. The van der Waals surface area contributed by atoms with E-state index in [1.807, 2.05) is 6.92 Å². The van der Waals surface area contributed by atoms with Crippen LogP contribution in [-0.2, 0) is 0 Å². The molecule has 2 N–H and O–H groups in total. The fourth-order valence-electron chi connectivity index (χ4n) is 1.76. The second-order valence-electron chi connectivity index (χ2n) is 4.19. The highest BCUT2D eigenvalue weighted by Crippen LogP contribution is 2.21. The molecule has 6 heteroatoms. The summed E-state index contributed by atoms with van der Waals surface area (Å²) in [6, 6.07) is 6.08. The summed E-state index contributed by atoms with van der Waals surface area (Å²) in [5.74, 6) is -0.467. The topological polar surface area (TPSA) is 54.0 Å². The number of anilines is 2. The van der Waals surface area contributed by atoms with Crippen LogP contribution in [-0.4, -0.2) is 17.9 Å². The molecule has 0 saturated carbocycles. The maximum Gasteiger partial charge on any atom is 0.259 e. The zero-order valence-electron chi connectivity index (χ0n) is 11.0. The first-order valence-electron chi connectivity index (χ1n) is 5.92. The quantitative estimate of drug-likeness (QED) is 0.899. The minimum atomic E-state index is -0.472. The van der Waals surface area contributed by atoms with Crippen LogP contribution in [0.3, 0.4) is 0 Å². The van der Waals surface area contributed by atoms with Crippen molar-refractivity contribution >= 4 is 33.3 Å². The van der Waals surface area contributed by atoms with Crippen molar-refractivity contribution in [3.05, 3.63) is 51.9 Å². The Hall–Kier alpha value is -1.95. The maximum atomic E-state index is 13.6. The van der Waals surface area contributed by atoms with Gasteiger partial charge in [0.25, 0.3) is 5.91 Å². The molecule has 4 nitrogen and oxygen atoms in total. The molecule has 104 valence electrons. The van der Waals surface area contributed by atoms with Crippen LogP contribution in [0.5, 0.6) is 0 Å². The average molecular weight is 338 g/mol. The third kappa shape index (κ3) is 2.96. The lowest BCUT2D eigenvalue weighted by atomic mass is 10.1. The summed E-state index contributed by atoms with van der Waals surface area (Å²) >= 11 is 3.34. The molecule has 0 unspecified atom stereocenters. The lowest BCUT2D eigenvalue weighted by Gasteiger charge is -2.10. The molecule has 0 radical (unpaired) electrons. The number of para-hydroxylation sites is 1. The van der Waals surface area contributed by atoms with E-state index in [2.05, 4.69) is 31.5 Å². The SMILES string of the molecule is CNc1c(F)cccc1C(=O)Nc1cc(C)c(Br)cn1. The molecule has 1 aromatic heterocycles. The molecular weight excluding hydrogens is 325 g/mol. The summed E-state index contributed by atoms with van der Waals surface area (Å²) in [4.78, 5) is 16.3. The van der Waals surface area contributed by atoms with Gasteiger partial charge in [-0.1, -0.05) is 6.07 Å². The third-order valence-electron chi connectivity index (χ3n) is 2.80. The number of rotatable bonds is 3. The first-order valence-corrected chi connectivity index (χ1v) is 6.72. The summed E-state index contributed by atoms with van der Waals surface area (Å²) in [5, 5.41) is 5.34. The molecule has 0 aliphatic carbocycles. The molecule has 1 aromatic carbocycles. The average Bonchev–Trinajstić information content (AvgIpc) is 2.42. The number of nitrogens with zero attached hydrogens (tertiary/aromatic N) is 1. The van der Waals surface area contributed by atoms with Gasteiger partial charge in [0, 0.05) is 17.7 Å². The molecule has 0 fully saturated rings. The fourth-order valence-corrected chi connectivity index (χ4v) is 1.98. The predicted molar refractivity (Wildman–Crippen MR) is 80.6 cm³/mol. The Morgan fingerprint density at radius 1 is 1.40 bits per heavy atom. The summed E-state index contributed by atoms with van der Waals surface area (Å²) in [6.45, 7) is 1.89. The van der Waals surface area contributed by atoms with Crippen molar-refractivity contribution in [2.45, 2.75) is 6.92 Å². The molecule has 0 aliphatic rings. The molecule has 1 heterocycles. The number of hydrogen-bond donors (Lipinski definition) is 2. The van der Waals surface area contributed by atoms with Crippen molar-refractivity contribution in [2.24, 2.45) is 0 Å². The summed E-state index contributed by atoms with van der Waals surface area (Å²) in [5.41, 5.74) is 1.34. The van der Waals surface area contributed by atoms with E-state index in [0.717, 1.165) is 10.0 Å². The Balaban J connectivity index is 2.28. The van der Waals surface area contributed by atoms with Crippen molar-refractivity contribution in [1.82, 2.24) is 4.98 Å². The van der Waals surface area contributed by atoms with Crippen LogP contribution in [0.4, 0.5) is 15.9 Å². The number of halogens is 2. The van der Waals surface area contributed by atoms with Crippen molar-refractivity contribution in [1.29, 1.82) is 0 Å². The van der Waals surface area contributed by atoms with Crippen LogP contribution in [0, 0.1) is 12.7 Å². The number of nitrogens with one attached hydrogen (secondary N) is 2. The van der Waals surface area contributed by atoms with E-state index < -0.39 is 11.7 Å². The third-order valence-corrected chi connectivity index (χ3v) is 3.63. The monoisotopic (exact) mass is 337 g/mol. The Bertz CT molecular complexity index is 661. The largest absolute Gasteiger partial charge is 0.385 e. The van der Waals surface area contributed by atoms with E-state index in [1.54, 1.807) is 25.4 Å². The van der Waals surface area contributed by atoms with Gasteiger partial charge in [0.05, 0.1) is 11.3 Å². The smallest absolute Gasteiger partial charge is 0.259 e. The molecule has 2 aromatic rings. The van der Waals surface area contributed by atoms with Gasteiger partial charge in [-0.3, -0.25) is 4.79 Å². The van der Waals surface area contributed by atoms with Crippen LogP contribution in [0.1, 0.15) is 15.9 Å². The number of hydrogen-bond acceptors (Lipinski definition) is 3. The summed E-state index contributed by atoms with van der Waals surface area (Å²) in [7, 11) is 1.57. The van der Waals surface area contributed by atoms with E-state index in [4.69, 9.17) is 0 Å². The first kappa shape index (κ1) is 14.5. The molecule has 20 heavy (non-hydrogen) atoms. The van der Waals surface area contributed by atoms with Crippen LogP contribution in [0.2, 0.25) is 0 Å². The Morgan fingerprint density at radius 2 is 2.15 bits per heavy atom. The normalized spacial score (nSPS) is 10.2. The summed E-state index contributed by atoms with van der Waals surface area (Å²) in [6.07, 6.45) is 1.61. The van der Waals surface area contributed by atoms with E-state index in [-0.39, 0.29) is 11.3 Å². The number of aromatic nitrogens is 1. The predicted octanol–water partition coefficient (Wildman–Crippen LogP) is 3.59. The molecule has 1 amide bonds. The number of pyridine rings is 1. The molecular formula is C14H13BrFN3O. The van der Waals surface area contributed by atoms with E-state index in [9.17, 15) is 9.18 Å². The number of amides is 1. The van der Waals surface area contributed by atoms with Gasteiger partial charge in [-0.15, -0.1) is 0 Å². The van der Waals surface area contributed by atoms with Gasteiger partial charge in [0.15, 0.2) is 0 Å². The van der Waals surface area contributed by atoms with Crippen LogP contribution < -0.4 is 10.6 Å². The van der Waals surface area contributed by atoms with Gasteiger partial charge in [0.2, 0.25) is 0 Å². The number of carbonyl (C=O) groups is 1. The van der Waals surface area contributed by atoms with Crippen LogP contribution >= 0.6 is 15.9 Å². The van der Waals surface area contributed by atoms with Gasteiger partial charge < -0.3 is 10.6 Å². The molecule has 0 aliphatic heterocycles. The number of benzene rings is 1. The minimum Gasteiger partial charge on any atom is -0.385 e. The molecule has 0 saturated heterocycles.